The van der Waals surface area contributed by atoms with E-state index in [-0.39, 0.29) is 11.7 Å². The van der Waals surface area contributed by atoms with Gasteiger partial charge < -0.3 is 5.11 Å². The van der Waals surface area contributed by atoms with E-state index in [0.717, 1.165) is 5.56 Å². The number of benzene rings is 1. The van der Waals surface area contributed by atoms with Crippen LogP contribution in [-0.4, -0.2) is 10.7 Å². The molecule has 0 aromatic heterocycles. The molecule has 0 bridgehead atoms. The van der Waals surface area contributed by atoms with Crippen LogP contribution in [0.4, 0.5) is 4.39 Å². The van der Waals surface area contributed by atoms with Gasteiger partial charge in [0.2, 0.25) is 0 Å². The molecule has 0 aliphatic heterocycles. The molecule has 0 fully saturated rings. The summed E-state index contributed by atoms with van der Waals surface area (Å²) in [5.74, 6) is -0.140. The molecule has 0 heterocycles. The minimum atomic E-state index is -0.798. The number of hydrogen-bond acceptors (Lipinski definition) is 1. The van der Waals surface area contributed by atoms with E-state index in [1.165, 1.54) is 12.1 Å². The summed E-state index contributed by atoms with van der Waals surface area (Å²) in [6.07, 6.45) is 0.459. The molecule has 1 atom stereocenters. The molecule has 0 spiro atoms. The van der Waals surface area contributed by atoms with Crippen molar-refractivity contribution in [1.82, 2.24) is 0 Å². The summed E-state index contributed by atoms with van der Waals surface area (Å²) in [5.41, 5.74) is 0.00771. The van der Waals surface area contributed by atoms with Gasteiger partial charge >= 0.3 is 0 Å². The molecule has 0 aliphatic carbocycles. The van der Waals surface area contributed by atoms with Crippen LogP contribution in [0.1, 0.15) is 26.3 Å². The van der Waals surface area contributed by atoms with E-state index in [9.17, 15) is 9.50 Å². The molecule has 0 aliphatic rings. The molecular weight excluding hydrogens is 259 g/mol. The predicted molar refractivity (Wildman–Crippen MR) is 63.3 cm³/mol. The lowest BCUT2D eigenvalue weighted by atomic mass is 9.86. The standard InChI is InChI=1S/C12H16BrFO/c1-8(2)12(3,15)7-9-4-10(13)6-11(14)5-9/h4-6,8,15H,7H2,1-3H3. The lowest BCUT2D eigenvalue weighted by molar-refractivity contribution is 0.0139. The fourth-order valence-electron chi connectivity index (χ4n) is 1.33. The Morgan fingerprint density at radius 1 is 1.40 bits per heavy atom. The van der Waals surface area contributed by atoms with E-state index in [2.05, 4.69) is 15.9 Å². The van der Waals surface area contributed by atoms with Crippen LogP contribution in [0.25, 0.3) is 0 Å². The van der Waals surface area contributed by atoms with E-state index in [4.69, 9.17) is 0 Å². The summed E-state index contributed by atoms with van der Waals surface area (Å²) < 4.78 is 13.8. The van der Waals surface area contributed by atoms with Crippen LogP contribution in [0, 0.1) is 11.7 Å². The molecule has 1 N–H and O–H groups in total. The van der Waals surface area contributed by atoms with Crippen molar-refractivity contribution in [2.75, 3.05) is 0 Å². The van der Waals surface area contributed by atoms with Gasteiger partial charge in [-0.05, 0) is 36.6 Å². The molecular formula is C12H16BrFO. The van der Waals surface area contributed by atoms with E-state index in [1.54, 1.807) is 6.92 Å². The first-order chi connectivity index (χ1) is 6.81. The van der Waals surface area contributed by atoms with Gasteiger partial charge in [-0.3, -0.25) is 0 Å². The molecule has 0 saturated carbocycles. The van der Waals surface area contributed by atoms with E-state index in [0.29, 0.717) is 10.9 Å². The largest absolute Gasteiger partial charge is 0.390 e. The Bertz CT molecular complexity index is 327. The third-order valence-corrected chi connectivity index (χ3v) is 3.19. The van der Waals surface area contributed by atoms with Crippen molar-refractivity contribution in [3.8, 4) is 0 Å². The fourth-order valence-corrected chi connectivity index (χ4v) is 1.84. The second-order valence-electron chi connectivity index (χ2n) is 4.47. The molecule has 0 amide bonds. The molecule has 1 rings (SSSR count). The van der Waals surface area contributed by atoms with Gasteiger partial charge in [-0.15, -0.1) is 0 Å². The third kappa shape index (κ3) is 3.58. The van der Waals surface area contributed by atoms with Gasteiger partial charge in [0, 0.05) is 10.9 Å². The number of hydrogen-bond donors (Lipinski definition) is 1. The summed E-state index contributed by atoms with van der Waals surface area (Å²) >= 11 is 3.24. The van der Waals surface area contributed by atoms with Crippen molar-refractivity contribution in [3.05, 3.63) is 34.1 Å². The summed E-state index contributed by atoms with van der Waals surface area (Å²) in [7, 11) is 0. The normalized spacial score (nSPS) is 15.4. The maximum absolute atomic E-state index is 13.1. The van der Waals surface area contributed by atoms with Crippen LogP contribution >= 0.6 is 15.9 Å². The quantitative estimate of drug-likeness (QED) is 0.894. The van der Waals surface area contributed by atoms with Gasteiger partial charge in [-0.2, -0.15) is 0 Å². The Morgan fingerprint density at radius 3 is 2.47 bits per heavy atom. The summed E-state index contributed by atoms with van der Waals surface area (Å²) in [5, 5.41) is 10.1. The van der Waals surface area contributed by atoms with Gasteiger partial charge in [-0.25, -0.2) is 4.39 Å². The molecule has 1 nitrogen and oxygen atoms in total. The van der Waals surface area contributed by atoms with E-state index in [1.807, 2.05) is 19.9 Å². The van der Waals surface area contributed by atoms with Gasteiger partial charge in [0.1, 0.15) is 5.82 Å². The maximum atomic E-state index is 13.1. The van der Waals surface area contributed by atoms with Crippen LogP contribution in [0.2, 0.25) is 0 Å². The number of rotatable bonds is 3. The Labute approximate surface area is 98.4 Å². The van der Waals surface area contributed by atoms with Gasteiger partial charge in [-0.1, -0.05) is 29.8 Å². The molecule has 1 aromatic carbocycles. The average molecular weight is 275 g/mol. The maximum Gasteiger partial charge on any atom is 0.124 e. The van der Waals surface area contributed by atoms with Gasteiger partial charge in [0.15, 0.2) is 0 Å². The van der Waals surface area contributed by atoms with Crippen LogP contribution in [0.15, 0.2) is 22.7 Å². The van der Waals surface area contributed by atoms with Crippen molar-refractivity contribution in [2.45, 2.75) is 32.8 Å². The summed E-state index contributed by atoms with van der Waals surface area (Å²) in [4.78, 5) is 0. The van der Waals surface area contributed by atoms with Crippen molar-refractivity contribution >= 4 is 15.9 Å². The zero-order chi connectivity index (χ0) is 11.6. The smallest absolute Gasteiger partial charge is 0.124 e. The molecule has 0 radical (unpaired) electrons. The van der Waals surface area contributed by atoms with Crippen molar-refractivity contribution in [2.24, 2.45) is 5.92 Å². The highest BCUT2D eigenvalue weighted by molar-refractivity contribution is 9.10. The van der Waals surface area contributed by atoms with Gasteiger partial charge in [0.25, 0.3) is 0 Å². The van der Waals surface area contributed by atoms with E-state index >= 15 is 0 Å². The second kappa shape index (κ2) is 4.62. The Balaban J connectivity index is 2.89. The average Bonchev–Trinajstić information content (AvgIpc) is 1.99. The van der Waals surface area contributed by atoms with E-state index < -0.39 is 5.60 Å². The molecule has 84 valence electrons. The zero-order valence-corrected chi connectivity index (χ0v) is 10.8. The van der Waals surface area contributed by atoms with Crippen molar-refractivity contribution in [3.63, 3.8) is 0 Å². The SMILES string of the molecule is CC(C)C(C)(O)Cc1cc(F)cc(Br)c1. The fraction of sp³-hybridized carbons (Fsp3) is 0.500. The minimum absolute atomic E-state index is 0.138. The first kappa shape index (κ1) is 12.7. The zero-order valence-electron chi connectivity index (χ0n) is 9.22. The van der Waals surface area contributed by atoms with Crippen LogP contribution in [0.5, 0.6) is 0 Å². The van der Waals surface area contributed by atoms with Crippen molar-refractivity contribution < 1.29 is 9.50 Å². The Hall–Kier alpha value is -0.410. The minimum Gasteiger partial charge on any atom is -0.390 e. The second-order valence-corrected chi connectivity index (χ2v) is 5.38. The van der Waals surface area contributed by atoms with Crippen LogP contribution in [-0.2, 0) is 6.42 Å². The highest BCUT2D eigenvalue weighted by Gasteiger charge is 2.25. The predicted octanol–water partition coefficient (Wildman–Crippen LogP) is 3.54. The topological polar surface area (TPSA) is 20.2 Å². The molecule has 1 unspecified atom stereocenters. The van der Waals surface area contributed by atoms with Crippen LogP contribution in [0.3, 0.4) is 0 Å². The summed E-state index contributed by atoms with van der Waals surface area (Å²) in [6.45, 7) is 5.68. The first-order valence-corrected chi connectivity index (χ1v) is 5.78. The number of halogens is 2. The molecule has 1 aromatic rings. The van der Waals surface area contributed by atoms with Gasteiger partial charge in [0.05, 0.1) is 5.60 Å². The lowest BCUT2D eigenvalue weighted by Crippen LogP contribution is -2.33. The monoisotopic (exact) mass is 274 g/mol. The molecule has 15 heavy (non-hydrogen) atoms. The number of aliphatic hydroxyl groups is 1. The molecule has 0 saturated heterocycles. The third-order valence-electron chi connectivity index (χ3n) is 2.73. The van der Waals surface area contributed by atoms with Crippen molar-refractivity contribution in [1.29, 1.82) is 0 Å². The summed E-state index contributed by atoms with van der Waals surface area (Å²) in [6, 6.07) is 4.70. The lowest BCUT2D eigenvalue weighted by Gasteiger charge is -2.27. The highest BCUT2D eigenvalue weighted by Crippen LogP contribution is 2.24. The Kier molecular flexibility index (Phi) is 3.90. The molecule has 3 heteroatoms. The van der Waals surface area contributed by atoms with Crippen LogP contribution < -0.4 is 0 Å². The Morgan fingerprint density at radius 2 is 2.00 bits per heavy atom. The highest BCUT2D eigenvalue weighted by atomic mass is 79.9. The first-order valence-electron chi connectivity index (χ1n) is 4.98.